The number of halogens is 3. The minimum Gasteiger partial charge on any atom is -0.476 e. The molecule has 0 aliphatic carbocycles. The molecular formula is C29H31F3N4O2. The highest BCUT2D eigenvalue weighted by Gasteiger charge is 2.35. The summed E-state index contributed by atoms with van der Waals surface area (Å²) in [7, 11) is 2.07. The number of rotatable bonds is 5. The van der Waals surface area contributed by atoms with Crippen LogP contribution in [0.15, 0.2) is 36.5 Å². The van der Waals surface area contributed by atoms with Crippen molar-refractivity contribution < 1.29 is 22.7 Å². The molecule has 0 radical (unpaired) electrons. The average molecular weight is 525 g/mol. The van der Waals surface area contributed by atoms with E-state index >= 15 is 8.78 Å². The van der Waals surface area contributed by atoms with E-state index in [1.54, 1.807) is 6.92 Å². The van der Waals surface area contributed by atoms with Crippen molar-refractivity contribution in [3.8, 4) is 17.0 Å². The van der Waals surface area contributed by atoms with Crippen LogP contribution in [0.5, 0.6) is 5.75 Å². The number of aromatic nitrogens is 2. The molecule has 0 bridgehead atoms. The van der Waals surface area contributed by atoms with Crippen LogP contribution >= 0.6 is 0 Å². The van der Waals surface area contributed by atoms with E-state index in [1.165, 1.54) is 17.0 Å². The van der Waals surface area contributed by atoms with Gasteiger partial charge in [-0.3, -0.25) is 4.79 Å². The largest absolute Gasteiger partial charge is 0.476 e. The molecule has 3 heterocycles. The molecule has 1 amide bonds. The normalized spacial score (nSPS) is 18.6. The Kier molecular flexibility index (Phi) is 7.13. The van der Waals surface area contributed by atoms with Crippen molar-refractivity contribution in [2.45, 2.75) is 58.1 Å². The van der Waals surface area contributed by atoms with Gasteiger partial charge in [0.15, 0.2) is 23.5 Å². The van der Waals surface area contributed by atoms with E-state index in [2.05, 4.69) is 21.9 Å². The van der Waals surface area contributed by atoms with E-state index in [0.717, 1.165) is 38.2 Å². The topological polar surface area (TPSA) is 58.6 Å². The van der Waals surface area contributed by atoms with Crippen LogP contribution in [0.4, 0.5) is 18.9 Å². The van der Waals surface area contributed by atoms with Crippen molar-refractivity contribution in [2.24, 2.45) is 0 Å². The van der Waals surface area contributed by atoms with E-state index in [4.69, 9.17) is 4.74 Å². The van der Waals surface area contributed by atoms with Crippen molar-refractivity contribution in [1.29, 1.82) is 0 Å². The number of fused-ring (bicyclic) bond motifs is 1. The maximum atomic E-state index is 15.1. The summed E-state index contributed by atoms with van der Waals surface area (Å²) in [4.78, 5) is 24.9. The number of ether oxygens (including phenoxy) is 1. The summed E-state index contributed by atoms with van der Waals surface area (Å²) in [5.74, 6) is -1.60. The summed E-state index contributed by atoms with van der Waals surface area (Å²) in [6, 6.07) is 7.55. The summed E-state index contributed by atoms with van der Waals surface area (Å²) in [6.45, 7) is 7.06. The van der Waals surface area contributed by atoms with Crippen molar-refractivity contribution in [2.75, 3.05) is 25.0 Å². The first-order chi connectivity index (χ1) is 18.1. The quantitative estimate of drug-likeness (QED) is 0.442. The van der Waals surface area contributed by atoms with E-state index in [9.17, 15) is 9.18 Å². The van der Waals surface area contributed by atoms with Crippen LogP contribution in [0, 0.1) is 17.5 Å². The molecule has 0 N–H and O–H groups in total. The molecule has 9 heteroatoms. The zero-order valence-corrected chi connectivity index (χ0v) is 22.0. The molecule has 1 atom stereocenters. The monoisotopic (exact) mass is 524 g/mol. The van der Waals surface area contributed by atoms with Gasteiger partial charge in [-0.25, -0.2) is 23.1 Å². The van der Waals surface area contributed by atoms with Crippen LogP contribution in [-0.2, 0) is 11.2 Å². The number of amides is 1. The Hall–Kier alpha value is -3.46. The molecule has 1 unspecified atom stereocenters. The molecule has 2 aromatic carbocycles. The molecule has 3 aromatic rings. The smallest absolute Gasteiger partial charge is 0.268 e. The van der Waals surface area contributed by atoms with Crippen molar-refractivity contribution in [3.05, 3.63) is 70.9 Å². The average Bonchev–Trinajstić information content (AvgIpc) is 2.87. The van der Waals surface area contributed by atoms with E-state index in [0.29, 0.717) is 11.1 Å². The summed E-state index contributed by atoms with van der Waals surface area (Å²) in [5.41, 5.74) is 1.65. The fraction of sp³-hybridized carbons (Fsp3) is 0.414. The summed E-state index contributed by atoms with van der Waals surface area (Å²) < 4.78 is 50.5. The number of piperidine rings is 1. The Balaban J connectivity index is 1.44. The lowest BCUT2D eigenvalue weighted by molar-refractivity contribution is -0.126. The number of carbonyl (C=O) groups is 1. The minimum atomic E-state index is -0.834. The zero-order valence-electron chi connectivity index (χ0n) is 22.0. The van der Waals surface area contributed by atoms with Crippen LogP contribution in [0.1, 0.15) is 56.5 Å². The lowest BCUT2D eigenvalue weighted by atomic mass is 9.88. The Morgan fingerprint density at radius 3 is 2.47 bits per heavy atom. The van der Waals surface area contributed by atoms with Gasteiger partial charge in [0.2, 0.25) is 0 Å². The molecule has 1 aromatic heterocycles. The Bertz CT molecular complexity index is 1370. The number of hydrogen-bond acceptors (Lipinski definition) is 5. The lowest BCUT2D eigenvalue weighted by Crippen LogP contribution is -2.48. The van der Waals surface area contributed by atoms with Crippen LogP contribution in [0.25, 0.3) is 11.3 Å². The molecular weight excluding hydrogens is 493 g/mol. The van der Waals surface area contributed by atoms with Gasteiger partial charge >= 0.3 is 0 Å². The fourth-order valence-corrected chi connectivity index (χ4v) is 5.29. The molecule has 38 heavy (non-hydrogen) atoms. The van der Waals surface area contributed by atoms with Gasteiger partial charge in [-0.15, -0.1) is 0 Å². The van der Waals surface area contributed by atoms with Crippen molar-refractivity contribution in [3.63, 3.8) is 0 Å². The van der Waals surface area contributed by atoms with Gasteiger partial charge in [-0.05, 0) is 89.0 Å². The number of likely N-dealkylation sites (tertiary alicyclic amines) is 1. The molecule has 0 saturated carbocycles. The first-order valence-corrected chi connectivity index (χ1v) is 12.9. The second kappa shape index (κ2) is 10.4. The van der Waals surface area contributed by atoms with Crippen molar-refractivity contribution in [1.82, 2.24) is 14.9 Å². The SMILES string of the molecule is CC1Oc2c(F)cc(-c3nc(Cc4ccc(C5CCN(C)CC5)c(F)c4)ncc3F)cc2N(C(C)C)C1=O. The van der Waals surface area contributed by atoms with Crippen LogP contribution in [0.3, 0.4) is 0 Å². The first kappa shape index (κ1) is 26.2. The molecule has 2 aliphatic rings. The third-order valence-corrected chi connectivity index (χ3v) is 7.33. The molecule has 0 spiro atoms. The van der Waals surface area contributed by atoms with Gasteiger partial charge in [0.1, 0.15) is 17.3 Å². The van der Waals surface area contributed by atoms with Gasteiger partial charge in [-0.1, -0.05) is 12.1 Å². The summed E-state index contributed by atoms with van der Waals surface area (Å²) in [5, 5.41) is 0. The Morgan fingerprint density at radius 2 is 1.79 bits per heavy atom. The Morgan fingerprint density at radius 1 is 1.05 bits per heavy atom. The van der Waals surface area contributed by atoms with Gasteiger partial charge in [-0.2, -0.15) is 0 Å². The zero-order chi connectivity index (χ0) is 27.1. The number of anilines is 1. The third-order valence-electron chi connectivity index (χ3n) is 7.33. The van der Waals surface area contributed by atoms with Gasteiger partial charge < -0.3 is 14.5 Å². The number of hydrogen-bond donors (Lipinski definition) is 0. The second-order valence-corrected chi connectivity index (χ2v) is 10.5. The van der Waals surface area contributed by atoms with Crippen molar-refractivity contribution >= 4 is 11.6 Å². The first-order valence-electron chi connectivity index (χ1n) is 12.9. The standard InChI is InChI=1S/C29H31F3N4O2/c1-16(2)36-25-14-20(13-23(31)28(25)38-17(3)29(36)37)27-24(32)15-33-26(34-27)12-18-5-6-21(22(30)11-18)19-7-9-35(4)10-8-19/h5-6,11,13-17,19H,7-10,12H2,1-4H3. The number of carbonyl (C=O) groups excluding carboxylic acids is 1. The van der Waals surface area contributed by atoms with E-state index in [1.807, 2.05) is 26.0 Å². The minimum absolute atomic E-state index is 0.0515. The summed E-state index contributed by atoms with van der Waals surface area (Å²) in [6.07, 6.45) is 2.21. The number of nitrogens with zero attached hydrogens (tertiary/aromatic N) is 4. The van der Waals surface area contributed by atoms with Crippen LogP contribution < -0.4 is 9.64 Å². The molecule has 200 valence electrons. The fourth-order valence-electron chi connectivity index (χ4n) is 5.29. The molecule has 2 aliphatic heterocycles. The van der Waals surface area contributed by atoms with E-state index < -0.39 is 17.7 Å². The highest BCUT2D eigenvalue weighted by Crippen LogP contribution is 2.41. The summed E-state index contributed by atoms with van der Waals surface area (Å²) >= 11 is 0. The van der Waals surface area contributed by atoms with Gasteiger partial charge in [0.25, 0.3) is 5.91 Å². The lowest BCUT2D eigenvalue weighted by Gasteiger charge is -2.36. The maximum Gasteiger partial charge on any atom is 0.268 e. The van der Waals surface area contributed by atoms with Crippen LogP contribution in [-0.4, -0.2) is 53.1 Å². The van der Waals surface area contributed by atoms with E-state index in [-0.39, 0.29) is 58.6 Å². The maximum absolute atomic E-state index is 15.1. The third kappa shape index (κ3) is 4.99. The highest BCUT2D eigenvalue weighted by atomic mass is 19.1. The van der Waals surface area contributed by atoms with Gasteiger partial charge in [0, 0.05) is 18.0 Å². The predicted molar refractivity (Wildman–Crippen MR) is 139 cm³/mol. The molecule has 6 nitrogen and oxygen atoms in total. The number of benzene rings is 2. The highest BCUT2D eigenvalue weighted by molar-refractivity contribution is 6.01. The molecule has 1 fully saturated rings. The molecule has 1 saturated heterocycles. The molecule has 5 rings (SSSR count). The van der Waals surface area contributed by atoms with Gasteiger partial charge in [0.05, 0.1) is 11.9 Å². The van der Waals surface area contributed by atoms with Crippen LogP contribution in [0.2, 0.25) is 0 Å². The second-order valence-electron chi connectivity index (χ2n) is 10.5. The Labute approximate surface area is 220 Å². The predicted octanol–water partition coefficient (Wildman–Crippen LogP) is 5.48.